The molecule has 0 saturated carbocycles. The SMILES string of the molecule is CCNC(=NCC1CCCS1)NCCc1nnc2n1CCCCC2. The Kier molecular flexibility index (Phi) is 6.81. The Bertz CT molecular complexity index is 535. The van der Waals surface area contributed by atoms with Crippen molar-refractivity contribution in [3.05, 3.63) is 11.6 Å². The fourth-order valence-electron chi connectivity index (χ4n) is 3.35. The van der Waals surface area contributed by atoms with Crippen molar-refractivity contribution in [2.24, 2.45) is 4.99 Å². The van der Waals surface area contributed by atoms with Crippen LogP contribution in [0.2, 0.25) is 0 Å². The van der Waals surface area contributed by atoms with E-state index in [1.54, 1.807) is 0 Å². The topological polar surface area (TPSA) is 67.1 Å². The molecule has 0 aromatic carbocycles. The Hall–Kier alpha value is -1.24. The van der Waals surface area contributed by atoms with E-state index in [1.807, 2.05) is 0 Å². The predicted molar refractivity (Wildman–Crippen MR) is 101 cm³/mol. The van der Waals surface area contributed by atoms with Crippen molar-refractivity contribution in [2.75, 3.05) is 25.4 Å². The fourth-order valence-corrected chi connectivity index (χ4v) is 4.53. The van der Waals surface area contributed by atoms with Crippen LogP contribution in [-0.4, -0.2) is 51.4 Å². The summed E-state index contributed by atoms with van der Waals surface area (Å²) in [5.41, 5.74) is 0. The molecule has 3 rings (SSSR count). The molecule has 0 aliphatic carbocycles. The largest absolute Gasteiger partial charge is 0.357 e. The van der Waals surface area contributed by atoms with Crippen LogP contribution in [0.25, 0.3) is 0 Å². The van der Waals surface area contributed by atoms with E-state index >= 15 is 0 Å². The highest BCUT2D eigenvalue weighted by Crippen LogP contribution is 2.26. The highest BCUT2D eigenvalue weighted by molar-refractivity contribution is 8.00. The zero-order valence-electron chi connectivity index (χ0n) is 14.8. The Morgan fingerprint density at radius 1 is 1.25 bits per heavy atom. The summed E-state index contributed by atoms with van der Waals surface area (Å²) in [5, 5.41) is 16.3. The van der Waals surface area contributed by atoms with Crippen molar-refractivity contribution in [3.63, 3.8) is 0 Å². The molecular weight excluding hydrogens is 320 g/mol. The van der Waals surface area contributed by atoms with Crippen molar-refractivity contribution in [2.45, 2.75) is 63.7 Å². The molecule has 0 bridgehead atoms. The minimum absolute atomic E-state index is 0.702. The first kappa shape index (κ1) is 17.6. The Balaban J connectivity index is 1.49. The molecule has 1 fully saturated rings. The number of aryl methyl sites for hydroxylation is 1. The highest BCUT2D eigenvalue weighted by Gasteiger charge is 2.16. The van der Waals surface area contributed by atoms with Crippen molar-refractivity contribution in [3.8, 4) is 0 Å². The minimum atomic E-state index is 0.702. The molecule has 0 amide bonds. The second-order valence-electron chi connectivity index (χ2n) is 6.53. The average Bonchev–Trinajstić information content (AvgIpc) is 3.18. The van der Waals surface area contributed by atoms with Crippen molar-refractivity contribution in [1.82, 2.24) is 25.4 Å². The minimum Gasteiger partial charge on any atom is -0.357 e. The van der Waals surface area contributed by atoms with Crippen molar-refractivity contribution >= 4 is 17.7 Å². The molecule has 1 atom stereocenters. The number of aromatic nitrogens is 3. The number of hydrogen-bond acceptors (Lipinski definition) is 4. The first-order valence-electron chi connectivity index (χ1n) is 9.41. The van der Waals surface area contributed by atoms with Crippen LogP contribution in [0.5, 0.6) is 0 Å². The van der Waals surface area contributed by atoms with E-state index in [9.17, 15) is 0 Å². The van der Waals surface area contributed by atoms with E-state index in [0.29, 0.717) is 5.25 Å². The average molecular weight is 351 g/mol. The van der Waals surface area contributed by atoms with E-state index in [4.69, 9.17) is 4.99 Å². The number of aliphatic imine (C=N–C) groups is 1. The number of nitrogens with zero attached hydrogens (tertiary/aromatic N) is 4. The summed E-state index contributed by atoms with van der Waals surface area (Å²) in [5.74, 6) is 4.51. The van der Waals surface area contributed by atoms with Gasteiger partial charge in [-0.3, -0.25) is 4.99 Å². The molecule has 0 spiro atoms. The maximum atomic E-state index is 4.75. The van der Waals surface area contributed by atoms with Gasteiger partial charge in [0.1, 0.15) is 11.6 Å². The fraction of sp³-hybridized carbons (Fsp3) is 0.824. The number of rotatable bonds is 6. The molecule has 6 nitrogen and oxygen atoms in total. The van der Waals surface area contributed by atoms with Crippen LogP contribution < -0.4 is 10.6 Å². The van der Waals surface area contributed by atoms with Crippen molar-refractivity contribution < 1.29 is 0 Å². The van der Waals surface area contributed by atoms with Gasteiger partial charge in [-0.05, 0) is 38.4 Å². The van der Waals surface area contributed by atoms with Crippen LogP contribution in [0, 0.1) is 0 Å². The smallest absolute Gasteiger partial charge is 0.191 e. The highest BCUT2D eigenvalue weighted by atomic mass is 32.2. The monoisotopic (exact) mass is 350 g/mol. The molecule has 1 aromatic rings. The summed E-state index contributed by atoms with van der Waals surface area (Å²) in [7, 11) is 0. The molecule has 24 heavy (non-hydrogen) atoms. The predicted octanol–water partition coefficient (Wildman–Crippen LogP) is 2.00. The number of hydrogen-bond donors (Lipinski definition) is 2. The third kappa shape index (κ3) is 4.88. The van der Waals surface area contributed by atoms with Gasteiger partial charge in [-0.25, -0.2) is 0 Å². The normalized spacial score (nSPS) is 21.4. The van der Waals surface area contributed by atoms with E-state index in [0.717, 1.165) is 50.8 Å². The van der Waals surface area contributed by atoms with Crippen LogP contribution in [-0.2, 0) is 19.4 Å². The molecule has 1 saturated heterocycles. The first-order valence-corrected chi connectivity index (χ1v) is 10.5. The van der Waals surface area contributed by atoms with E-state index in [2.05, 4.69) is 44.1 Å². The maximum Gasteiger partial charge on any atom is 0.191 e. The lowest BCUT2D eigenvalue weighted by Gasteiger charge is -2.13. The van der Waals surface area contributed by atoms with E-state index in [1.165, 1.54) is 43.7 Å². The molecule has 134 valence electrons. The molecule has 7 heteroatoms. The Morgan fingerprint density at radius 2 is 2.21 bits per heavy atom. The molecule has 3 heterocycles. The van der Waals surface area contributed by atoms with Gasteiger partial charge in [-0.2, -0.15) is 11.8 Å². The zero-order valence-corrected chi connectivity index (χ0v) is 15.6. The Morgan fingerprint density at radius 3 is 3.04 bits per heavy atom. The van der Waals surface area contributed by atoms with Gasteiger partial charge in [0, 0.05) is 37.7 Å². The summed E-state index contributed by atoms with van der Waals surface area (Å²) in [6.45, 7) is 5.84. The van der Waals surface area contributed by atoms with Gasteiger partial charge in [0.05, 0.1) is 6.54 Å². The molecule has 2 aliphatic heterocycles. The lowest BCUT2D eigenvalue weighted by molar-refractivity contribution is 0.600. The van der Waals surface area contributed by atoms with E-state index in [-0.39, 0.29) is 0 Å². The van der Waals surface area contributed by atoms with Crippen molar-refractivity contribution in [1.29, 1.82) is 0 Å². The molecule has 1 unspecified atom stereocenters. The molecule has 2 aliphatic rings. The number of nitrogens with one attached hydrogen (secondary N) is 2. The number of fused-ring (bicyclic) bond motifs is 1. The van der Waals surface area contributed by atoms with Gasteiger partial charge in [0.2, 0.25) is 0 Å². The maximum absolute atomic E-state index is 4.75. The summed E-state index contributed by atoms with van der Waals surface area (Å²) in [6, 6.07) is 0. The second kappa shape index (κ2) is 9.30. The van der Waals surface area contributed by atoms with Gasteiger partial charge in [-0.1, -0.05) is 6.42 Å². The third-order valence-electron chi connectivity index (χ3n) is 4.65. The standard InChI is InChI=1S/C17H30N6S/c1-2-18-17(20-13-14-7-6-12-24-14)19-10-9-16-22-21-15-8-4-3-5-11-23(15)16/h14H,2-13H2,1H3,(H2,18,19,20). The summed E-state index contributed by atoms with van der Waals surface area (Å²) < 4.78 is 2.33. The molecule has 2 N–H and O–H groups in total. The van der Waals surface area contributed by atoms with E-state index < -0.39 is 0 Å². The molecule has 1 aromatic heterocycles. The van der Waals surface area contributed by atoms with Gasteiger partial charge < -0.3 is 15.2 Å². The number of guanidine groups is 1. The first-order chi connectivity index (χ1) is 11.9. The van der Waals surface area contributed by atoms with Crippen LogP contribution in [0.4, 0.5) is 0 Å². The lowest BCUT2D eigenvalue weighted by Crippen LogP contribution is -2.39. The van der Waals surface area contributed by atoms with Gasteiger partial charge in [-0.15, -0.1) is 10.2 Å². The van der Waals surface area contributed by atoms with Gasteiger partial charge in [0.25, 0.3) is 0 Å². The molecule has 0 radical (unpaired) electrons. The Labute approximate surface area is 149 Å². The second-order valence-corrected chi connectivity index (χ2v) is 7.93. The summed E-state index contributed by atoms with van der Waals surface area (Å²) in [4.78, 5) is 4.75. The quantitative estimate of drug-likeness (QED) is 0.607. The lowest BCUT2D eigenvalue weighted by atomic mass is 10.2. The third-order valence-corrected chi connectivity index (χ3v) is 6.03. The summed E-state index contributed by atoms with van der Waals surface area (Å²) >= 11 is 2.06. The van der Waals surface area contributed by atoms with Crippen LogP contribution >= 0.6 is 11.8 Å². The summed E-state index contributed by atoms with van der Waals surface area (Å²) in [6.07, 6.45) is 8.41. The van der Waals surface area contributed by atoms with Gasteiger partial charge in [0.15, 0.2) is 5.96 Å². The van der Waals surface area contributed by atoms with Crippen LogP contribution in [0.3, 0.4) is 0 Å². The molecular formula is C17H30N6S. The zero-order chi connectivity index (χ0) is 16.6. The van der Waals surface area contributed by atoms with Crippen LogP contribution in [0.1, 0.15) is 50.7 Å². The number of thioether (sulfide) groups is 1. The van der Waals surface area contributed by atoms with Gasteiger partial charge >= 0.3 is 0 Å². The van der Waals surface area contributed by atoms with Crippen LogP contribution in [0.15, 0.2) is 4.99 Å².